The molecule has 0 unspecified atom stereocenters. The van der Waals surface area contributed by atoms with Crippen LogP contribution in [0.3, 0.4) is 0 Å². The molecule has 196 valence electrons. The van der Waals surface area contributed by atoms with Crippen molar-refractivity contribution in [2.75, 3.05) is 6.54 Å². The second-order valence-corrected chi connectivity index (χ2v) is 11.7. The van der Waals surface area contributed by atoms with E-state index >= 15 is 0 Å². The number of rotatable bonds is 11. The molecule has 38 heavy (non-hydrogen) atoms. The van der Waals surface area contributed by atoms with Crippen LogP contribution in [-0.4, -0.2) is 25.3 Å². The fourth-order valence-electron chi connectivity index (χ4n) is 5.25. The molecular formula is C31H32N2O4S. The van der Waals surface area contributed by atoms with Gasteiger partial charge in [-0.1, -0.05) is 85.8 Å². The Labute approximate surface area is 223 Å². The summed E-state index contributed by atoms with van der Waals surface area (Å²) in [6.07, 6.45) is 5.51. The van der Waals surface area contributed by atoms with E-state index in [0.717, 1.165) is 60.7 Å². The van der Waals surface area contributed by atoms with Gasteiger partial charge in [0.25, 0.3) is 5.56 Å². The van der Waals surface area contributed by atoms with Gasteiger partial charge in [0.1, 0.15) is 0 Å². The van der Waals surface area contributed by atoms with Crippen LogP contribution in [0.1, 0.15) is 60.0 Å². The van der Waals surface area contributed by atoms with Crippen molar-refractivity contribution >= 4 is 26.6 Å². The number of benzene rings is 3. The molecule has 6 nitrogen and oxygen atoms in total. The van der Waals surface area contributed by atoms with Gasteiger partial charge in [-0.2, -0.15) is 0 Å². The molecule has 0 aliphatic heterocycles. The summed E-state index contributed by atoms with van der Waals surface area (Å²) in [5, 5.41) is 1.31. The molecule has 0 saturated carbocycles. The first-order chi connectivity index (χ1) is 18.4. The quantitative estimate of drug-likeness (QED) is 0.218. The molecule has 7 heteroatoms. The van der Waals surface area contributed by atoms with E-state index in [4.69, 9.17) is 0 Å². The number of fused-ring (bicyclic) bond motifs is 5. The van der Waals surface area contributed by atoms with E-state index in [1.165, 1.54) is 0 Å². The number of aryl methyl sites for hydroxylation is 1. The molecule has 1 aliphatic carbocycles. The average Bonchev–Trinajstić information content (AvgIpc) is 3.22. The van der Waals surface area contributed by atoms with Gasteiger partial charge >= 0.3 is 0 Å². The van der Waals surface area contributed by atoms with Crippen molar-refractivity contribution in [3.63, 3.8) is 0 Å². The van der Waals surface area contributed by atoms with Crippen molar-refractivity contribution in [2.45, 2.75) is 56.9 Å². The lowest BCUT2D eigenvalue weighted by atomic mass is 10.0. The molecule has 0 amide bonds. The van der Waals surface area contributed by atoms with Crippen molar-refractivity contribution < 1.29 is 13.2 Å². The molecule has 4 aromatic rings. The molecule has 5 rings (SSSR count). The molecular weight excluding hydrogens is 496 g/mol. The van der Waals surface area contributed by atoms with E-state index in [2.05, 4.69) is 4.72 Å². The first-order valence-corrected chi connectivity index (χ1v) is 14.7. The van der Waals surface area contributed by atoms with E-state index in [-0.39, 0.29) is 11.3 Å². The van der Waals surface area contributed by atoms with Crippen LogP contribution in [0.4, 0.5) is 0 Å². The minimum absolute atomic E-state index is 0.0152. The summed E-state index contributed by atoms with van der Waals surface area (Å²) in [5.74, 6) is -0.0152. The third kappa shape index (κ3) is 5.08. The van der Waals surface area contributed by atoms with Crippen LogP contribution in [0, 0.1) is 6.92 Å². The fourth-order valence-corrected chi connectivity index (χ4v) is 6.33. The molecule has 3 aromatic carbocycles. The summed E-state index contributed by atoms with van der Waals surface area (Å²) >= 11 is 0. The van der Waals surface area contributed by atoms with Crippen molar-refractivity contribution in [1.29, 1.82) is 0 Å². The SMILES string of the molecule is Cc1ccc(S(=O)(=O)NCCCCCCCCn2c3c(c4ccccc4c2=O)C(=O)c2ccccc2-3)cc1. The molecule has 0 bridgehead atoms. The van der Waals surface area contributed by atoms with E-state index in [9.17, 15) is 18.0 Å². The standard InChI is InChI=1S/C31H32N2O4S/c1-22-16-18-23(19-17-22)38(36,37)32-20-10-4-2-3-5-11-21-33-29-25-13-7-8-14-26(25)30(34)28(29)24-12-6-9-15-27(24)31(33)35/h6-9,12-19,32H,2-5,10-11,20-21H2,1H3. The lowest BCUT2D eigenvalue weighted by Crippen LogP contribution is -2.24. The third-order valence-electron chi connectivity index (χ3n) is 7.26. The molecule has 1 aromatic heterocycles. The topological polar surface area (TPSA) is 85.2 Å². The third-order valence-corrected chi connectivity index (χ3v) is 8.74. The highest BCUT2D eigenvalue weighted by atomic mass is 32.2. The lowest BCUT2D eigenvalue weighted by Gasteiger charge is -2.15. The summed E-state index contributed by atoms with van der Waals surface area (Å²) < 4.78 is 29.2. The number of carbonyl (C=O) groups is 1. The zero-order chi connectivity index (χ0) is 26.7. The molecule has 0 atom stereocenters. The highest BCUT2D eigenvalue weighted by molar-refractivity contribution is 7.89. The smallest absolute Gasteiger partial charge is 0.258 e. The number of sulfonamides is 1. The predicted molar refractivity (Wildman–Crippen MR) is 151 cm³/mol. The van der Waals surface area contributed by atoms with Gasteiger partial charge in [-0.25, -0.2) is 13.1 Å². The van der Waals surface area contributed by atoms with Gasteiger partial charge in [-0.3, -0.25) is 9.59 Å². The van der Waals surface area contributed by atoms with E-state index < -0.39 is 10.0 Å². The summed E-state index contributed by atoms with van der Waals surface area (Å²) in [6, 6.07) is 21.8. The Kier molecular flexibility index (Phi) is 7.58. The van der Waals surface area contributed by atoms with E-state index in [1.807, 2.05) is 49.4 Å². The molecule has 0 spiro atoms. The van der Waals surface area contributed by atoms with Crippen molar-refractivity contribution in [1.82, 2.24) is 9.29 Å². The van der Waals surface area contributed by atoms with Gasteiger partial charge in [-0.15, -0.1) is 0 Å². The molecule has 1 heterocycles. The summed E-state index contributed by atoms with van der Waals surface area (Å²) in [6.45, 7) is 2.91. The van der Waals surface area contributed by atoms with E-state index in [0.29, 0.717) is 34.5 Å². The Morgan fingerprint density at radius 2 is 1.32 bits per heavy atom. The molecule has 0 radical (unpaired) electrons. The normalized spacial score (nSPS) is 12.6. The Bertz CT molecular complexity index is 1650. The Balaban J connectivity index is 1.16. The second-order valence-electron chi connectivity index (χ2n) is 9.93. The zero-order valence-corrected chi connectivity index (χ0v) is 22.4. The Hall–Kier alpha value is -3.55. The number of nitrogens with zero attached hydrogens (tertiary/aromatic N) is 1. The fraction of sp³-hybridized carbons (Fsp3) is 0.290. The maximum Gasteiger partial charge on any atom is 0.258 e. The number of unbranched alkanes of at least 4 members (excludes halogenated alkanes) is 5. The van der Waals surface area contributed by atoms with Crippen molar-refractivity contribution in [2.24, 2.45) is 0 Å². The molecule has 0 saturated heterocycles. The first kappa shape index (κ1) is 26.1. The maximum atomic E-state index is 13.4. The number of hydrogen-bond donors (Lipinski definition) is 1. The molecule has 0 fully saturated rings. The Morgan fingerprint density at radius 3 is 2.05 bits per heavy atom. The largest absolute Gasteiger partial charge is 0.307 e. The molecule has 1 aliphatic rings. The number of hydrogen-bond acceptors (Lipinski definition) is 4. The highest BCUT2D eigenvalue weighted by Crippen LogP contribution is 2.39. The van der Waals surface area contributed by atoms with Gasteiger partial charge in [0.2, 0.25) is 10.0 Å². The highest BCUT2D eigenvalue weighted by Gasteiger charge is 2.32. The number of aromatic nitrogens is 1. The average molecular weight is 529 g/mol. The van der Waals surface area contributed by atoms with Gasteiger partial charge in [0.05, 0.1) is 16.2 Å². The Morgan fingerprint density at radius 1 is 0.711 bits per heavy atom. The zero-order valence-electron chi connectivity index (χ0n) is 21.6. The van der Waals surface area contributed by atoms with Crippen LogP contribution in [0.2, 0.25) is 0 Å². The van der Waals surface area contributed by atoms with Gasteiger partial charge in [-0.05, 0) is 38.0 Å². The maximum absolute atomic E-state index is 13.4. The van der Waals surface area contributed by atoms with E-state index in [1.54, 1.807) is 34.9 Å². The summed E-state index contributed by atoms with van der Waals surface area (Å²) in [5.41, 5.74) is 3.85. The van der Waals surface area contributed by atoms with Crippen LogP contribution in [0.25, 0.3) is 22.0 Å². The van der Waals surface area contributed by atoms with Gasteiger partial charge in [0, 0.05) is 35.0 Å². The lowest BCUT2D eigenvalue weighted by molar-refractivity contribution is 0.104. The monoisotopic (exact) mass is 528 g/mol. The van der Waals surface area contributed by atoms with Crippen molar-refractivity contribution in [3.05, 3.63) is 99.8 Å². The van der Waals surface area contributed by atoms with Crippen molar-refractivity contribution in [3.8, 4) is 11.3 Å². The van der Waals surface area contributed by atoms with Gasteiger partial charge in [0.15, 0.2) is 5.78 Å². The van der Waals surface area contributed by atoms with Crippen LogP contribution in [0.15, 0.2) is 82.5 Å². The van der Waals surface area contributed by atoms with Crippen LogP contribution in [-0.2, 0) is 16.6 Å². The predicted octanol–water partition coefficient (Wildman–Crippen LogP) is 5.84. The van der Waals surface area contributed by atoms with Crippen LogP contribution in [0.5, 0.6) is 0 Å². The number of nitrogens with one attached hydrogen (secondary N) is 1. The van der Waals surface area contributed by atoms with Gasteiger partial charge < -0.3 is 4.57 Å². The summed E-state index contributed by atoms with van der Waals surface area (Å²) in [4.78, 5) is 27.0. The second kappa shape index (κ2) is 11.1. The number of pyridine rings is 1. The van der Waals surface area contributed by atoms with Crippen LogP contribution >= 0.6 is 0 Å². The first-order valence-electron chi connectivity index (χ1n) is 13.2. The van der Waals surface area contributed by atoms with Crippen LogP contribution < -0.4 is 10.3 Å². The minimum Gasteiger partial charge on any atom is -0.307 e. The number of ketones is 1. The summed E-state index contributed by atoms with van der Waals surface area (Å²) in [7, 11) is -3.47. The molecule has 1 N–H and O–H groups in total. The minimum atomic E-state index is -3.47. The number of carbonyl (C=O) groups excluding carboxylic acids is 1.